The van der Waals surface area contributed by atoms with Crippen LogP contribution in [0.5, 0.6) is 0 Å². The summed E-state index contributed by atoms with van der Waals surface area (Å²) >= 11 is 1.48. The monoisotopic (exact) mass is 292 g/mol. The molecule has 2 rings (SSSR count). The van der Waals surface area contributed by atoms with E-state index in [1.54, 1.807) is 0 Å². The highest BCUT2D eigenvalue weighted by atomic mass is 32.1. The summed E-state index contributed by atoms with van der Waals surface area (Å²) < 4.78 is 0. The number of carbonyl (C=O) groups excluding carboxylic acids is 1. The summed E-state index contributed by atoms with van der Waals surface area (Å²) in [5.41, 5.74) is 6.06. The zero-order valence-electron chi connectivity index (χ0n) is 11.5. The number of hydrogen-bond donors (Lipinski definition) is 2. The molecule has 5 heteroatoms. The van der Waals surface area contributed by atoms with Crippen LogP contribution < -0.4 is 5.73 Å². The van der Waals surface area contributed by atoms with E-state index in [1.807, 2.05) is 16.3 Å². The third kappa shape index (κ3) is 3.60. The zero-order valence-corrected chi connectivity index (χ0v) is 12.3. The van der Waals surface area contributed by atoms with E-state index in [0.29, 0.717) is 12.1 Å². The summed E-state index contributed by atoms with van der Waals surface area (Å²) in [5.74, 6) is 5.84. The van der Waals surface area contributed by atoms with Crippen LogP contribution in [0.1, 0.15) is 40.9 Å². The standard InChI is InChI=1S/C15H20N2O2S/c16-7-1-6-14-10-12(11-20-14)15(19)17-8-2-4-13(17)5-3-9-18/h10-11,13,18H,2-5,7-9,16H2. The number of carbonyl (C=O) groups is 1. The van der Waals surface area contributed by atoms with Crippen molar-refractivity contribution in [3.63, 3.8) is 0 Å². The van der Waals surface area contributed by atoms with E-state index in [9.17, 15) is 4.79 Å². The lowest BCUT2D eigenvalue weighted by Crippen LogP contribution is -2.35. The number of aliphatic hydroxyl groups is 1. The van der Waals surface area contributed by atoms with Gasteiger partial charge in [0.1, 0.15) is 0 Å². The molecule has 3 N–H and O–H groups in total. The van der Waals surface area contributed by atoms with Gasteiger partial charge in [-0.15, -0.1) is 11.3 Å². The fourth-order valence-corrected chi connectivity index (χ4v) is 3.30. The van der Waals surface area contributed by atoms with Crippen molar-refractivity contribution >= 4 is 17.2 Å². The Morgan fingerprint density at radius 3 is 3.20 bits per heavy atom. The number of amides is 1. The summed E-state index contributed by atoms with van der Waals surface area (Å²) in [6.07, 6.45) is 3.72. The van der Waals surface area contributed by atoms with Crippen molar-refractivity contribution in [1.82, 2.24) is 4.90 Å². The maximum atomic E-state index is 12.5. The van der Waals surface area contributed by atoms with Crippen LogP contribution in [0.3, 0.4) is 0 Å². The minimum atomic E-state index is 0.0856. The van der Waals surface area contributed by atoms with E-state index in [0.717, 1.165) is 37.1 Å². The van der Waals surface area contributed by atoms with Crippen LogP contribution in [-0.2, 0) is 0 Å². The number of rotatable bonds is 4. The van der Waals surface area contributed by atoms with Crippen molar-refractivity contribution in [2.75, 3.05) is 19.7 Å². The fourth-order valence-electron chi connectivity index (χ4n) is 2.55. The van der Waals surface area contributed by atoms with Gasteiger partial charge < -0.3 is 15.7 Å². The first-order valence-corrected chi connectivity index (χ1v) is 7.83. The molecule has 1 unspecified atom stereocenters. The summed E-state index contributed by atoms with van der Waals surface area (Å²) in [4.78, 5) is 15.3. The summed E-state index contributed by atoms with van der Waals surface area (Å²) in [6, 6.07) is 2.12. The van der Waals surface area contributed by atoms with Crippen molar-refractivity contribution < 1.29 is 9.90 Å². The molecule has 1 atom stereocenters. The zero-order chi connectivity index (χ0) is 14.4. The summed E-state index contributed by atoms with van der Waals surface area (Å²) in [6.45, 7) is 1.33. The maximum Gasteiger partial charge on any atom is 0.254 e. The van der Waals surface area contributed by atoms with Crippen molar-refractivity contribution in [3.05, 3.63) is 21.9 Å². The Bertz CT molecular complexity index is 515. The average molecular weight is 292 g/mol. The SMILES string of the molecule is NCC#Cc1cc(C(=O)N2CCCC2CCCO)cs1. The molecule has 1 amide bonds. The fraction of sp³-hybridized carbons (Fsp3) is 0.533. The van der Waals surface area contributed by atoms with Crippen molar-refractivity contribution in [2.24, 2.45) is 5.73 Å². The summed E-state index contributed by atoms with van der Waals surface area (Å²) in [5, 5.41) is 10.8. The van der Waals surface area contributed by atoms with E-state index in [1.165, 1.54) is 11.3 Å². The highest BCUT2D eigenvalue weighted by Gasteiger charge is 2.29. The largest absolute Gasteiger partial charge is 0.396 e. The number of thiophene rings is 1. The van der Waals surface area contributed by atoms with Crippen LogP contribution in [0.25, 0.3) is 0 Å². The third-order valence-electron chi connectivity index (χ3n) is 3.49. The van der Waals surface area contributed by atoms with E-state index in [2.05, 4.69) is 11.8 Å². The van der Waals surface area contributed by atoms with Crippen LogP contribution >= 0.6 is 11.3 Å². The van der Waals surface area contributed by atoms with Gasteiger partial charge in [0.25, 0.3) is 5.91 Å². The van der Waals surface area contributed by atoms with Crippen molar-refractivity contribution in [2.45, 2.75) is 31.7 Å². The topological polar surface area (TPSA) is 66.6 Å². The van der Waals surface area contributed by atoms with Gasteiger partial charge in [0, 0.05) is 24.6 Å². The second-order valence-corrected chi connectivity index (χ2v) is 5.78. The molecule has 1 aliphatic rings. The lowest BCUT2D eigenvalue weighted by Gasteiger charge is -2.24. The lowest BCUT2D eigenvalue weighted by molar-refractivity contribution is 0.0725. The van der Waals surface area contributed by atoms with Gasteiger partial charge in [0.05, 0.1) is 17.0 Å². The molecule has 0 spiro atoms. The first-order valence-electron chi connectivity index (χ1n) is 6.95. The highest BCUT2D eigenvalue weighted by molar-refractivity contribution is 7.10. The quantitative estimate of drug-likeness (QED) is 0.825. The predicted octanol–water partition coefficient (Wildman–Crippen LogP) is 1.44. The average Bonchev–Trinajstić information content (AvgIpc) is 3.11. The van der Waals surface area contributed by atoms with Gasteiger partial charge in [-0.1, -0.05) is 11.8 Å². The molecular weight excluding hydrogens is 272 g/mol. The van der Waals surface area contributed by atoms with Gasteiger partial charge in [-0.25, -0.2) is 0 Å². The van der Waals surface area contributed by atoms with Gasteiger partial charge in [-0.2, -0.15) is 0 Å². The first-order chi connectivity index (χ1) is 9.76. The molecule has 1 aromatic rings. The Morgan fingerprint density at radius 2 is 2.45 bits per heavy atom. The smallest absolute Gasteiger partial charge is 0.254 e. The first kappa shape index (κ1) is 15.0. The van der Waals surface area contributed by atoms with Crippen molar-refractivity contribution in [1.29, 1.82) is 0 Å². The summed E-state index contributed by atoms with van der Waals surface area (Å²) in [7, 11) is 0. The van der Waals surface area contributed by atoms with Gasteiger partial charge in [0.15, 0.2) is 0 Å². The van der Waals surface area contributed by atoms with E-state index < -0.39 is 0 Å². The van der Waals surface area contributed by atoms with Crippen LogP contribution in [0.15, 0.2) is 11.4 Å². The second-order valence-electron chi connectivity index (χ2n) is 4.87. The number of likely N-dealkylation sites (tertiary alicyclic amines) is 1. The lowest BCUT2D eigenvalue weighted by atomic mass is 10.1. The molecule has 108 valence electrons. The van der Waals surface area contributed by atoms with E-state index in [4.69, 9.17) is 10.8 Å². The molecule has 0 aromatic carbocycles. The minimum absolute atomic E-state index is 0.0856. The highest BCUT2D eigenvalue weighted by Crippen LogP contribution is 2.25. The number of nitrogens with two attached hydrogens (primary N) is 1. The molecule has 0 bridgehead atoms. The van der Waals surface area contributed by atoms with Gasteiger partial charge in [0.2, 0.25) is 0 Å². The number of nitrogens with zero attached hydrogens (tertiary/aromatic N) is 1. The normalized spacial score (nSPS) is 17.9. The van der Waals surface area contributed by atoms with Gasteiger partial charge in [-0.3, -0.25) is 4.79 Å². The Kier molecular flexibility index (Phi) is 5.60. The minimum Gasteiger partial charge on any atom is -0.396 e. The Balaban J connectivity index is 2.04. The van der Waals surface area contributed by atoms with Crippen molar-refractivity contribution in [3.8, 4) is 11.8 Å². The van der Waals surface area contributed by atoms with E-state index in [-0.39, 0.29) is 18.6 Å². The molecule has 2 heterocycles. The molecule has 4 nitrogen and oxygen atoms in total. The molecule has 1 aromatic heterocycles. The number of aliphatic hydroxyl groups excluding tert-OH is 1. The molecule has 0 aliphatic carbocycles. The Morgan fingerprint density at radius 1 is 1.60 bits per heavy atom. The molecule has 0 radical (unpaired) electrons. The van der Waals surface area contributed by atoms with Crippen LogP contribution in [-0.4, -0.2) is 41.7 Å². The second kappa shape index (κ2) is 7.44. The van der Waals surface area contributed by atoms with Gasteiger partial charge >= 0.3 is 0 Å². The molecule has 1 saturated heterocycles. The predicted molar refractivity (Wildman–Crippen MR) is 80.6 cm³/mol. The maximum absolute atomic E-state index is 12.5. The van der Waals surface area contributed by atoms with Crippen LogP contribution in [0.4, 0.5) is 0 Å². The third-order valence-corrected chi connectivity index (χ3v) is 4.34. The van der Waals surface area contributed by atoms with E-state index >= 15 is 0 Å². The molecule has 20 heavy (non-hydrogen) atoms. The van der Waals surface area contributed by atoms with Crippen LogP contribution in [0.2, 0.25) is 0 Å². The van der Waals surface area contributed by atoms with Gasteiger partial charge in [-0.05, 0) is 31.7 Å². The molecule has 1 aliphatic heterocycles. The molecular formula is C15H20N2O2S. The number of hydrogen-bond acceptors (Lipinski definition) is 4. The molecule has 1 fully saturated rings. The Hall–Kier alpha value is -1.35. The molecule has 0 saturated carbocycles. The Labute approximate surface area is 123 Å². The van der Waals surface area contributed by atoms with Crippen LogP contribution in [0, 0.1) is 11.8 Å².